The van der Waals surface area contributed by atoms with Crippen molar-refractivity contribution in [3.05, 3.63) is 28.8 Å². The monoisotopic (exact) mass is 240 g/mol. The molecule has 0 atom stereocenters. The third kappa shape index (κ3) is 4.11. The fourth-order valence-electron chi connectivity index (χ4n) is 1.26. The van der Waals surface area contributed by atoms with Crippen molar-refractivity contribution in [1.29, 1.82) is 0 Å². The van der Waals surface area contributed by atoms with Crippen LogP contribution in [0.5, 0.6) is 0 Å². The molecular formula is C12H17ClN2O. The number of carbonyl (C=O) groups is 1. The number of amides is 2. The van der Waals surface area contributed by atoms with Crippen molar-refractivity contribution in [3.63, 3.8) is 0 Å². The van der Waals surface area contributed by atoms with Crippen LogP contribution in [0, 0.1) is 6.92 Å². The molecule has 0 bridgehead atoms. The van der Waals surface area contributed by atoms with E-state index in [1.165, 1.54) is 0 Å². The van der Waals surface area contributed by atoms with Gasteiger partial charge in [-0.3, -0.25) is 0 Å². The van der Waals surface area contributed by atoms with Crippen molar-refractivity contribution in [2.75, 3.05) is 5.32 Å². The summed E-state index contributed by atoms with van der Waals surface area (Å²) in [6.45, 7) is 7.70. The van der Waals surface area contributed by atoms with Gasteiger partial charge in [0.2, 0.25) is 0 Å². The highest BCUT2D eigenvalue weighted by Crippen LogP contribution is 2.19. The zero-order valence-electron chi connectivity index (χ0n) is 10.0. The van der Waals surface area contributed by atoms with Crippen molar-refractivity contribution >= 4 is 23.3 Å². The summed E-state index contributed by atoms with van der Waals surface area (Å²) in [7, 11) is 0. The lowest BCUT2D eigenvalue weighted by Crippen LogP contribution is -2.43. The summed E-state index contributed by atoms with van der Waals surface area (Å²) in [4.78, 5) is 11.6. The highest BCUT2D eigenvalue weighted by molar-refractivity contribution is 6.30. The number of rotatable bonds is 1. The minimum atomic E-state index is -0.246. The molecule has 0 saturated heterocycles. The Morgan fingerprint density at radius 2 is 1.94 bits per heavy atom. The number of halogens is 1. The summed E-state index contributed by atoms with van der Waals surface area (Å²) >= 11 is 5.83. The zero-order valence-corrected chi connectivity index (χ0v) is 10.8. The maximum Gasteiger partial charge on any atom is 0.319 e. The predicted octanol–water partition coefficient (Wildman–Crippen LogP) is 3.57. The normalized spacial score (nSPS) is 11.1. The van der Waals surface area contributed by atoms with E-state index in [0.29, 0.717) is 5.02 Å². The minimum absolute atomic E-state index is 0.210. The van der Waals surface area contributed by atoms with Gasteiger partial charge < -0.3 is 10.6 Å². The second kappa shape index (κ2) is 4.74. The van der Waals surface area contributed by atoms with Gasteiger partial charge in [0.1, 0.15) is 0 Å². The number of urea groups is 1. The molecule has 1 rings (SSSR count). The van der Waals surface area contributed by atoms with E-state index in [4.69, 9.17) is 11.6 Å². The molecule has 1 aromatic carbocycles. The molecule has 2 N–H and O–H groups in total. The van der Waals surface area contributed by atoms with E-state index in [2.05, 4.69) is 10.6 Å². The van der Waals surface area contributed by atoms with Gasteiger partial charge in [0.15, 0.2) is 0 Å². The molecule has 0 heterocycles. The Bertz CT molecular complexity index is 396. The van der Waals surface area contributed by atoms with E-state index in [0.717, 1.165) is 11.3 Å². The quantitative estimate of drug-likeness (QED) is 0.774. The van der Waals surface area contributed by atoms with Crippen LogP contribution in [0.4, 0.5) is 10.5 Å². The molecule has 2 amide bonds. The molecule has 0 aromatic heterocycles. The molecule has 3 nitrogen and oxygen atoms in total. The van der Waals surface area contributed by atoms with Crippen molar-refractivity contribution in [2.45, 2.75) is 33.2 Å². The van der Waals surface area contributed by atoms with Gasteiger partial charge in [-0.1, -0.05) is 11.6 Å². The fraction of sp³-hybridized carbons (Fsp3) is 0.417. The molecule has 0 aliphatic heterocycles. The maximum absolute atomic E-state index is 11.6. The van der Waals surface area contributed by atoms with Gasteiger partial charge in [0.25, 0.3) is 0 Å². The Hall–Kier alpha value is -1.22. The highest BCUT2D eigenvalue weighted by atomic mass is 35.5. The van der Waals surface area contributed by atoms with Crippen LogP contribution in [0.3, 0.4) is 0 Å². The Labute approximate surface area is 101 Å². The molecule has 16 heavy (non-hydrogen) atoms. The van der Waals surface area contributed by atoms with Crippen LogP contribution >= 0.6 is 11.6 Å². The van der Waals surface area contributed by atoms with Crippen molar-refractivity contribution < 1.29 is 4.79 Å². The topological polar surface area (TPSA) is 41.1 Å². The van der Waals surface area contributed by atoms with Crippen LogP contribution in [-0.4, -0.2) is 11.6 Å². The first kappa shape index (κ1) is 12.8. The van der Waals surface area contributed by atoms with Crippen LogP contribution in [0.15, 0.2) is 18.2 Å². The summed E-state index contributed by atoms with van der Waals surface area (Å²) in [5, 5.41) is 6.28. The molecule has 0 fully saturated rings. The molecule has 0 aliphatic rings. The third-order valence-electron chi connectivity index (χ3n) is 1.93. The summed E-state index contributed by atoms with van der Waals surface area (Å²) in [5.41, 5.74) is 1.47. The number of hydrogen-bond donors (Lipinski definition) is 2. The molecule has 88 valence electrons. The lowest BCUT2D eigenvalue weighted by Gasteiger charge is -2.21. The number of anilines is 1. The third-order valence-corrected chi connectivity index (χ3v) is 2.16. The molecule has 0 aliphatic carbocycles. The highest BCUT2D eigenvalue weighted by Gasteiger charge is 2.13. The maximum atomic E-state index is 11.6. The van der Waals surface area contributed by atoms with E-state index < -0.39 is 0 Å². The van der Waals surface area contributed by atoms with Crippen molar-refractivity contribution in [1.82, 2.24) is 5.32 Å². The lowest BCUT2D eigenvalue weighted by molar-refractivity contribution is 0.244. The number of aryl methyl sites for hydroxylation is 1. The smallest absolute Gasteiger partial charge is 0.319 e. The lowest BCUT2D eigenvalue weighted by atomic mass is 10.1. The van der Waals surface area contributed by atoms with Crippen LogP contribution < -0.4 is 10.6 Å². The van der Waals surface area contributed by atoms with Crippen LogP contribution in [0.2, 0.25) is 5.02 Å². The van der Waals surface area contributed by atoms with E-state index in [9.17, 15) is 4.79 Å². The molecule has 0 spiro atoms. The van der Waals surface area contributed by atoms with Gasteiger partial charge in [-0.05, 0) is 51.5 Å². The molecule has 0 unspecified atom stereocenters. The average molecular weight is 241 g/mol. The van der Waals surface area contributed by atoms with Gasteiger partial charge in [-0.15, -0.1) is 0 Å². The van der Waals surface area contributed by atoms with Gasteiger partial charge in [-0.2, -0.15) is 0 Å². The zero-order chi connectivity index (χ0) is 12.3. The number of nitrogens with one attached hydrogen (secondary N) is 2. The fourth-order valence-corrected chi connectivity index (χ4v) is 1.49. The van der Waals surface area contributed by atoms with Gasteiger partial charge >= 0.3 is 6.03 Å². The van der Waals surface area contributed by atoms with E-state index in [1.807, 2.05) is 33.8 Å². The summed E-state index contributed by atoms with van der Waals surface area (Å²) in [6.07, 6.45) is 0. The average Bonchev–Trinajstić information content (AvgIpc) is 2.06. The Morgan fingerprint density at radius 3 is 2.44 bits per heavy atom. The van der Waals surface area contributed by atoms with Crippen LogP contribution in [0.25, 0.3) is 0 Å². The SMILES string of the molecule is Cc1cc(Cl)ccc1NC(=O)NC(C)(C)C. The Morgan fingerprint density at radius 1 is 1.31 bits per heavy atom. The van der Waals surface area contributed by atoms with Gasteiger partial charge in [0.05, 0.1) is 0 Å². The standard InChI is InChI=1S/C12H17ClN2O/c1-8-7-9(13)5-6-10(8)14-11(16)15-12(2,3)4/h5-7H,1-4H3,(H2,14,15,16). The summed E-state index contributed by atoms with van der Waals surface area (Å²) < 4.78 is 0. The van der Waals surface area contributed by atoms with Gasteiger partial charge in [0, 0.05) is 16.2 Å². The van der Waals surface area contributed by atoms with E-state index in [1.54, 1.807) is 12.1 Å². The molecule has 0 radical (unpaired) electrons. The van der Waals surface area contributed by atoms with Gasteiger partial charge in [-0.25, -0.2) is 4.79 Å². The number of carbonyl (C=O) groups excluding carboxylic acids is 1. The Balaban J connectivity index is 2.70. The first-order valence-electron chi connectivity index (χ1n) is 5.13. The minimum Gasteiger partial charge on any atom is -0.333 e. The second-order valence-electron chi connectivity index (χ2n) is 4.79. The van der Waals surface area contributed by atoms with Crippen molar-refractivity contribution in [2.24, 2.45) is 0 Å². The van der Waals surface area contributed by atoms with E-state index >= 15 is 0 Å². The largest absolute Gasteiger partial charge is 0.333 e. The molecular weight excluding hydrogens is 224 g/mol. The van der Waals surface area contributed by atoms with Crippen LogP contribution in [0.1, 0.15) is 26.3 Å². The Kier molecular flexibility index (Phi) is 3.81. The summed E-state index contributed by atoms with van der Waals surface area (Å²) in [5.74, 6) is 0. The summed E-state index contributed by atoms with van der Waals surface area (Å²) in [6, 6.07) is 5.15. The molecule has 4 heteroatoms. The first-order chi connectivity index (χ1) is 7.28. The predicted molar refractivity (Wildman–Crippen MR) is 68.1 cm³/mol. The molecule has 0 saturated carbocycles. The first-order valence-corrected chi connectivity index (χ1v) is 5.51. The molecule has 1 aromatic rings. The van der Waals surface area contributed by atoms with Crippen LogP contribution in [-0.2, 0) is 0 Å². The van der Waals surface area contributed by atoms with Crippen molar-refractivity contribution in [3.8, 4) is 0 Å². The van der Waals surface area contributed by atoms with E-state index in [-0.39, 0.29) is 11.6 Å². The second-order valence-corrected chi connectivity index (χ2v) is 5.22. The number of benzene rings is 1. The number of hydrogen-bond acceptors (Lipinski definition) is 1.